The monoisotopic (exact) mass is 299 g/mol. The third-order valence-corrected chi connectivity index (χ3v) is 4.00. The highest BCUT2D eigenvalue weighted by molar-refractivity contribution is 6.30. The summed E-state index contributed by atoms with van der Waals surface area (Å²) in [6.45, 7) is 2.67. The Labute approximate surface area is 124 Å². The van der Waals surface area contributed by atoms with Crippen LogP contribution in [0.2, 0.25) is 5.02 Å². The molecule has 0 spiro atoms. The Kier molecular flexibility index (Phi) is 5.55. The van der Waals surface area contributed by atoms with Crippen molar-refractivity contribution >= 4 is 11.6 Å². The van der Waals surface area contributed by atoms with E-state index in [-0.39, 0.29) is 11.1 Å². The summed E-state index contributed by atoms with van der Waals surface area (Å²) in [6.07, 6.45) is 7.57. The minimum absolute atomic E-state index is 0.170. The first-order valence-electron chi connectivity index (χ1n) is 7.20. The summed E-state index contributed by atoms with van der Waals surface area (Å²) >= 11 is 5.63. The summed E-state index contributed by atoms with van der Waals surface area (Å²) in [6, 6.07) is 2.02. The van der Waals surface area contributed by atoms with Gasteiger partial charge in [0.15, 0.2) is 0 Å². The Morgan fingerprint density at radius 3 is 2.75 bits per heavy atom. The SMILES string of the molecule is CCNC(C1=CCCCCC1)c1cc(F)c(Cl)cc1F. The van der Waals surface area contributed by atoms with Crippen LogP contribution in [-0.4, -0.2) is 6.54 Å². The van der Waals surface area contributed by atoms with E-state index in [1.807, 2.05) is 6.92 Å². The van der Waals surface area contributed by atoms with E-state index in [4.69, 9.17) is 11.6 Å². The van der Waals surface area contributed by atoms with Gasteiger partial charge < -0.3 is 5.32 Å². The van der Waals surface area contributed by atoms with Crippen molar-refractivity contribution in [3.05, 3.63) is 46.0 Å². The molecule has 1 aromatic rings. The average molecular weight is 300 g/mol. The third kappa shape index (κ3) is 3.58. The van der Waals surface area contributed by atoms with Crippen LogP contribution in [0.3, 0.4) is 0 Å². The quantitative estimate of drug-likeness (QED) is 0.598. The molecular weight excluding hydrogens is 280 g/mol. The first-order chi connectivity index (χ1) is 9.63. The first-order valence-corrected chi connectivity index (χ1v) is 7.58. The number of likely N-dealkylation sites (N-methyl/N-ethyl adjacent to an activating group) is 1. The van der Waals surface area contributed by atoms with Crippen LogP contribution in [0.1, 0.15) is 50.6 Å². The molecule has 1 N–H and O–H groups in total. The molecule has 1 aliphatic rings. The fourth-order valence-corrected chi connectivity index (χ4v) is 2.86. The Morgan fingerprint density at radius 2 is 2.00 bits per heavy atom. The van der Waals surface area contributed by atoms with Crippen molar-refractivity contribution in [1.82, 2.24) is 5.32 Å². The fraction of sp³-hybridized carbons (Fsp3) is 0.500. The predicted molar refractivity (Wildman–Crippen MR) is 79.0 cm³/mol. The van der Waals surface area contributed by atoms with Crippen molar-refractivity contribution in [3.63, 3.8) is 0 Å². The molecule has 2 rings (SSSR count). The van der Waals surface area contributed by atoms with Gasteiger partial charge in [-0.3, -0.25) is 0 Å². The van der Waals surface area contributed by atoms with Crippen LogP contribution in [-0.2, 0) is 0 Å². The molecule has 0 aromatic heterocycles. The van der Waals surface area contributed by atoms with Crippen LogP contribution in [0.4, 0.5) is 8.78 Å². The van der Waals surface area contributed by atoms with Crippen LogP contribution in [0.15, 0.2) is 23.8 Å². The van der Waals surface area contributed by atoms with Gasteiger partial charge in [0.05, 0.1) is 11.1 Å². The maximum atomic E-state index is 14.1. The Morgan fingerprint density at radius 1 is 1.20 bits per heavy atom. The van der Waals surface area contributed by atoms with E-state index in [9.17, 15) is 8.78 Å². The van der Waals surface area contributed by atoms with Crippen molar-refractivity contribution < 1.29 is 8.78 Å². The Balaban J connectivity index is 2.37. The molecule has 0 aliphatic heterocycles. The molecule has 0 saturated carbocycles. The second-order valence-corrected chi connectivity index (χ2v) is 5.56. The van der Waals surface area contributed by atoms with Crippen LogP contribution < -0.4 is 5.32 Å². The lowest BCUT2D eigenvalue weighted by molar-refractivity contribution is 0.530. The molecule has 0 bridgehead atoms. The molecule has 0 radical (unpaired) electrons. The van der Waals surface area contributed by atoms with E-state index >= 15 is 0 Å². The Hall–Kier alpha value is -0.930. The van der Waals surface area contributed by atoms with Crippen LogP contribution >= 0.6 is 11.6 Å². The normalized spacial score (nSPS) is 17.5. The Bertz CT molecular complexity index is 499. The molecule has 1 nitrogen and oxygen atoms in total. The van der Waals surface area contributed by atoms with Gasteiger partial charge in [0.2, 0.25) is 0 Å². The van der Waals surface area contributed by atoms with Crippen molar-refractivity contribution in [2.24, 2.45) is 0 Å². The minimum Gasteiger partial charge on any atom is -0.307 e. The van der Waals surface area contributed by atoms with Gasteiger partial charge in [-0.15, -0.1) is 0 Å². The van der Waals surface area contributed by atoms with Crippen molar-refractivity contribution in [3.8, 4) is 0 Å². The third-order valence-electron chi connectivity index (χ3n) is 3.71. The number of allylic oxidation sites excluding steroid dienone is 1. The van der Waals surface area contributed by atoms with Gasteiger partial charge in [-0.2, -0.15) is 0 Å². The van der Waals surface area contributed by atoms with E-state index in [1.165, 1.54) is 18.9 Å². The van der Waals surface area contributed by atoms with Gasteiger partial charge in [0, 0.05) is 5.56 Å². The molecule has 0 amide bonds. The zero-order valence-electron chi connectivity index (χ0n) is 11.7. The van der Waals surface area contributed by atoms with E-state index in [2.05, 4.69) is 11.4 Å². The predicted octanol–water partition coefficient (Wildman–Crippen LogP) is 5.16. The van der Waals surface area contributed by atoms with Crippen molar-refractivity contribution in [1.29, 1.82) is 0 Å². The molecule has 1 aliphatic carbocycles. The van der Waals surface area contributed by atoms with E-state index < -0.39 is 11.6 Å². The van der Waals surface area contributed by atoms with Crippen LogP contribution in [0, 0.1) is 11.6 Å². The summed E-state index contributed by atoms with van der Waals surface area (Å²) in [5.41, 5.74) is 1.51. The zero-order valence-corrected chi connectivity index (χ0v) is 12.4. The van der Waals surface area contributed by atoms with Crippen LogP contribution in [0.5, 0.6) is 0 Å². The molecule has 4 heteroatoms. The first kappa shape index (κ1) is 15.5. The lowest BCUT2D eigenvalue weighted by Crippen LogP contribution is -2.24. The molecular formula is C16H20ClF2N. The average Bonchev–Trinajstić information content (AvgIpc) is 2.69. The topological polar surface area (TPSA) is 12.0 Å². The molecule has 1 atom stereocenters. The maximum absolute atomic E-state index is 14.1. The summed E-state index contributed by atoms with van der Waals surface area (Å²) in [7, 11) is 0. The van der Waals surface area contributed by atoms with Gasteiger partial charge >= 0.3 is 0 Å². The molecule has 0 saturated heterocycles. The van der Waals surface area contributed by atoms with Crippen molar-refractivity contribution in [2.75, 3.05) is 6.54 Å². The molecule has 20 heavy (non-hydrogen) atoms. The second-order valence-electron chi connectivity index (χ2n) is 5.16. The van der Waals surface area contributed by atoms with E-state index in [1.54, 1.807) is 0 Å². The summed E-state index contributed by atoms with van der Waals surface area (Å²) < 4.78 is 27.8. The molecule has 1 unspecified atom stereocenters. The standard InChI is InChI=1S/C16H20ClF2N/c1-2-20-16(11-7-5-3-4-6-8-11)12-9-15(19)13(17)10-14(12)18/h7,9-10,16,20H,2-6,8H2,1H3. The zero-order chi connectivity index (χ0) is 14.5. The lowest BCUT2D eigenvalue weighted by Gasteiger charge is -2.22. The van der Waals surface area contributed by atoms with Crippen LogP contribution in [0.25, 0.3) is 0 Å². The maximum Gasteiger partial charge on any atom is 0.142 e. The number of hydrogen-bond donors (Lipinski definition) is 1. The summed E-state index contributed by atoms with van der Waals surface area (Å²) in [4.78, 5) is 0. The highest BCUT2D eigenvalue weighted by atomic mass is 35.5. The molecule has 1 aromatic carbocycles. The summed E-state index contributed by atoms with van der Waals surface area (Å²) in [5.74, 6) is -1.02. The van der Waals surface area contributed by atoms with Gasteiger partial charge in [0.1, 0.15) is 11.6 Å². The number of rotatable bonds is 4. The van der Waals surface area contributed by atoms with Gasteiger partial charge in [-0.1, -0.05) is 36.6 Å². The molecule has 110 valence electrons. The van der Waals surface area contributed by atoms with Gasteiger partial charge in [-0.05, 0) is 44.4 Å². The smallest absolute Gasteiger partial charge is 0.142 e. The largest absolute Gasteiger partial charge is 0.307 e. The fourth-order valence-electron chi connectivity index (χ4n) is 2.71. The second kappa shape index (κ2) is 7.19. The van der Waals surface area contributed by atoms with E-state index in [0.717, 1.165) is 30.9 Å². The van der Waals surface area contributed by atoms with Gasteiger partial charge in [-0.25, -0.2) is 8.78 Å². The minimum atomic E-state index is -0.569. The lowest BCUT2D eigenvalue weighted by atomic mass is 9.94. The highest BCUT2D eigenvalue weighted by Gasteiger charge is 2.21. The highest BCUT2D eigenvalue weighted by Crippen LogP contribution is 2.32. The number of hydrogen-bond acceptors (Lipinski definition) is 1. The number of benzene rings is 1. The van der Waals surface area contributed by atoms with Gasteiger partial charge in [0.25, 0.3) is 0 Å². The molecule has 0 heterocycles. The molecule has 0 fully saturated rings. The number of nitrogens with one attached hydrogen (secondary N) is 1. The summed E-state index contributed by atoms with van der Waals surface area (Å²) in [5, 5.41) is 3.10. The van der Waals surface area contributed by atoms with Crippen molar-refractivity contribution in [2.45, 2.75) is 45.1 Å². The van der Waals surface area contributed by atoms with E-state index in [0.29, 0.717) is 12.1 Å². The number of halogens is 3.